The summed E-state index contributed by atoms with van der Waals surface area (Å²) in [6.45, 7) is 3.74. The van der Waals surface area contributed by atoms with Gasteiger partial charge in [-0.05, 0) is 6.42 Å². The van der Waals surface area contributed by atoms with Gasteiger partial charge >= 0.3 is 6.09 Å². The molecule has 0 N–H and O–H groups in total. The van der Waals surface area contributed by atoms with E-state index < -0.39 is 18.1 Å². The van der Waals surface area contributed by atoms with Crippen LogP contribution in [0.1, 0.15) is 16.8 Å². The first-order valence-electron chi connectivity index (χ1n) is 7.80. The molecule has 0 aromatic heterocycles. The second kappa shape index (κ2) is 7.77. The Morgan fingerprint density at radius 3 is 2.54 bits per heavy atom. The number of ether oxygens (including phenoxy) is 1. The van der Waals surface area contributed by atoms with Crippen molar-refractivity contribution in [1.29, 1.82) is 0 Å². The largest absolute Gasteiger partial charge is 0.445 e. The van der Waals surface area contributed by atoms with Crippen LogP contribution in [-0.4, -0.2) is 60.9 Å². The monoisotopic (exact) mass is 330 g/mol. The van der Waals surface area contributed by atoms with Gasteiger partial charge in [-0.15, -0.1) is 0 Å². The molecule has 2 atom stereocenters. The minimum absolute atomic E-state index is 0.0637. The third kappa shape index (κ3) is 3.82. The molecule has 6 nitrogen and oxygen atoms in total. The standard InChI is InChI=1S/C18H22N2O4/c1-4-10-24-18(23)20-12-14(11-15(20)17(22)19(2)3)16(21)13-8-6-5-7-9-13/h4-9,14-15H,1,10-12H2,2-3H3/t14-,15-/m0/s1. The number of likely N-dealkylation sites (tertiary alicyclic amines) is 1. The van der Waals surface area contributed by atoms with Crippen LogP contribution in [0.25, 0.3) is 0 Å². The molecule has 1 aromatic rings. The topological polar surface area (TPSA) is 66.9 Å². The van der Waals surface area contributed by atoms with E-state index in [0.29, 0.717) is 12.0 Å². The van der Waals surface area contributed by atoms with Crippen LogP contribution >= 0.6 is 0 Å². The average molecular weight is 330 g/mol. The number of rotatable bonds is 5. The summed E-state index contributed by atoms with van der Waals surface area (Å²) < 4.78 is 5.06. The lowest BCUT2D eigenvalue weighted by atomic mass is 9.95. The molecule has 1 fully saturated rings. The zero-order valence-electron chi connectivity index (χ0n) is 14.0. The van der Waals surface area contributed by atoms with Crippen LogP contribution in [0.4, 0.5) is 4.79 Å². The van der Waals surface area contributed by atoms with Gasteiger partial charge in [-0.2, -0.15) is 0 Å². The molecule has 1 aliphatic heterocycles. The second-order valence-electron chi connectivity index (χ2n) is 5.93. The average Bonchev–Trinajstić information content (AvgIpc) is 3.04. The summed E-state index contributed by atoms with van der Waals surface area (Å²) in [4.78, 5) is 40.0. The summed E-state index contributed by atoms with van der Waals surface area (Å²) >= 11 is 0. The number of hydrogen-bond donors (Lipinski definition) is 0. The molecule has 0 unspecified atom stereocenters. The van der Waals surface area contributed by atoms with Crippen molar-refractivity contribution in [3.63, 3.8) is 0 Å². The van der Waals surface area contributed by atoms with Gasteiger partial charge in [0.05, 0.1) is 0 Å². The maximum absolute atomic E-state index is 12.6. The fourth-order valence-corrected chi connectivity index (χ4v) is 2.81. The highest BCUT2D eigenvalue weighted by molar-refractivity contribution is 5.99. The number of hydrogen-bond acceptors (Lipinski definition) is 4. The lowest BCUT2D eigenvalue weighted by Crippen LogP contribution is -2.45. The van der Waals surface area contributed by atoms with Gasteiger partial charge in [0.2, 0.25) is 5.91 Å². The minimum Gasteiger partial charge on any atom is -0.445 e. The molecule has 2 amide bonds. The van der Waals surface area contributed by atoms with E-state index in [1.165, 1.54) is 15.9 Å². The van der Waals surface area contributed by atoms with Crippen molar-refractivity contribution in [1.82, 2.24) is 9.80 Å². The first-order chi connectivity index (χ1) is 11.5. The summed E-state index contributed by atoms with van der Waals surface area (Å²) in [6.07, 6.45) is 1.16. The Balaban J connectivity index is 2.19. The smallest absolute Gasteiger partial charge is 0.410 e. The van der Waals surface area contributed by atoms with Crippen molar-refractivity contribution in [2.45, 2.75) is 12.5 Å². The molecular weight excluding hydrogens is 308 g/mol. The summed E-state index contributed by atoms with van der Waals surface area (Å²) in [7, 11) is 3.25. The Labute approximate surface area is 141 Å². The highest BCUT2D eigenvalue weighted by Crippen LogP contribution is 2.28. The fraction of sp³-hybridized carbons (Fsp3) is 0.389. The van der Waals surface area contributed by atoms with E-state index in [1.54, 1.807) is 38.4 Å². The molecule has 6 heteroatoms. The molecule has 1 saturated heterocycles. The van der Waals surface area contributed by atoms with E-state index >= 15 is 0 Å². The molecule has 24 heavy (non-hydrogen) atoms. The molecule has 1 aliphatic rings. The van der Waals surface area contributed by atoms with E-state index in [9.17, 15) is 14.4 Å². The number of benzene rings is 1. The number of ketones is 1. The molecule has 0 saturated carbocycles. The molecular formula is C18H22N2O4. The predicted octanol–water partition coefficient (Wildman–Crippen LogP) is 1.97. The van der Waals surface area contributed by atoms with E-state index in [2.05, 4.69) is 6.58 Å². The third-order valence-corrected chi connectivity index (χ3v) is 4.02. The van der Waals surface area contributed by atoms with Gasteiger partial charge in [0.25, 0.3) is 0 Å². The molecule has 0 aliphatic carbocycles. The molecule has 2 rings (SSSR count). The molecule has 0 radical (unpaired) electrons. The summed E-state index contributed by atoms with van der Waals surface area (Å²) in [6, 6.07) is 8.22. The molecule has 128 valence electrons. The lowest BCUT2D eigenvalue weighted by Gasteiger charge is -2.25. The molecule has 1 aromatic carbocycles. The maximum Gasteiger partial charge on any atom is 0.410 e. The van der Waals surface area contributed by atoms with E-state index in [4.69, 9.17) is 4.74 Å². The summed E-state index contributed by atoms with van der Waals surface area (Å²) in [5.41, 5.74) is 0.583. The Morgan fingerprint density at radius 1 is 1.29 bits per heavy atom. The lowest BCUT2D eigenvalue weighted by molar-refractivity contribution is -0.132. The molecule has 0 spiro atoms. The Hall–Kier alpha value is -2.63. The van der Waals surface area contributed by atoms with Crippen LogP contribution in [0, 0.1) is 5.92 Å². The number of likely N-dealkylation sites (N-methyl/N-ethyl adjacent to an activating group) is 1. The Morgan fingerprint density at radius 2 is 1.96 bits per heavy atom. The number of carbonyl (C=O) groups excluding carboxylic acids is 3. The fourth-order valence-electron chi connectivity index (χ4n) is 2.81. The molecule has 0 bridgehead atoms. The van der Waals surface area contributed by atoms with Crippen LogP contribution < -0.4 is 0 Å². The van der Waals surface area contributed by atoms with Crippen LogP contribution in [0.2, 0.25) is 0 Å². The normalized spacial score (nSPS) is 19.7. The highest BCUT2D eigenvalue weighted by Gasteiger charge is 2.43. The predicted molar refractivity (Wildman–Crippen MR) is 89.6 cm³/mol. The summed E-state index contributed by atoms with van der Waals surface area (Å²) in [5, 5.41) is 0. The van der Waals surface area contributed by atoms with Crippen molar-refractivity contribution < 1.29 is 19.1 Å². The van der Waals surface area contributed by atoms with Gasteiger partial charge in [-0.25, -0.2) is 4.79 Å². The van der Waals surface area contributed by atoms with Crippen LogP contribution in [-0.2, 0) is 9.53 Å². The van der Waals surface area contributed by atoms with Gasteiger partial charge in [0.15, 0.2) is 5.78 Å². The quantitative estimate of drug-likeness (QED) is 0.611. The Kier molecular flexibility index (Phi) is 5.73. The number of nitrogens with zero attached hydrogens (tertiary/aromatic N) is 2. The van der Waals surface area contributed by atoms with E-state index in [-0.39, 0.29) is 24.8 Å². The first kappa shape index (κ1) is 17.7. The van der Waals surface area contributed by atoms with E-state index in [0.717, 1.165) is 0 Å². The van der Waals surface area contributed by atoms with Gasteiger partial charge in [-0.3, -0.25) is 14.5 Å². The number of amides is 2. The van der Waals surface area contributed by atoms with Gasteiger partial charge in [0, 0.05) is 32.1 Å². The first-order valence-corrected chi connectivity index (χ1v) is 7.80. The van der Waals surface area contributed by atoms with Crippen molar-refractivity contribution in [3.05, 3.63) is 48.6 Å². The van der Waals surface area contributed by atoms with Gasteiger partial charge in [0.1, 0.15) is 12.6 Å². The van der Waals surface area contributed by atoms with Crippen LogP contribution in [0.5, 0.6) is 0 Å². The van der Waals surface area contributed by atoms with E-state index in [1.807, 2.05) is 6.07 Å². The van der Waals surface area contributed by atoms with Crippen molar-refractivity contribution >= 4 is 17.8 Å². The third-order valence-electron chi connectivity index (χ3n) is 4.02. The highest BCUT2D eigenvalue weighted by atomic mass is 16.6. The van der Waals surface area contributed by atoms with Crippen LogP contribution in [0.15, 0.2) is 43.0 Å². The SMILES string of the molecule is C=CCOC(=O)N1C[C@@H](C(=O)c2ccccc2)C[C@H]1C(=O)N(C)C. The van der Waals surface area contributed by atoms with Crippen molar-refractivity contribution in [3.8, 4) is 0 Å². The van der Waals surface area contributed by atoms with Gasteiger partial charge in [-0.1, -0.05) is 43.0 Å². The second-order valence-corrected chi connectivity index (χ2v) is 5.93. The van der Waals surface area contributed by atoms with Crippen molar-refractivity contribution in [2.24, 2.45) is 5.92 Å². The minimum atomic E-state index is -0.685. The zero-order valence-corrected chi connectivity index (χ0v) is 14.0. The number of Topliss-reactive ketones (excluding diaryl/α,β-unsaturated/α-hetero) is 1. The Bertz CT molecular complexity index is 627. The molecule has 1 heterocycles. The van der Waals surface area contributed by atoms with Crippen molar-refractivity contribution in [2.75, 3.05) is 27.2 Å². The summed E-state index contributed by atoms with van der Waals surface area (Å²) in [5.74, 6) is -0.697. The van der Waals surface area contributed by atoms with Crippen LogP contribution in [0.3, 0.4) is 0 Å². The zero-order chi connectivity index (χ0) is 17.7. The number of carbonyl (C=O) groups is 3. The maximum atomic E-state index is 12.6. The van der Waals surface area contributed by atoms with Gasteiger partial charge < -0.3 is 9.64 Å².